The lowest BCUT2D eigenvalue weighted by Crippen LogP contribution is -2.21. The number of ether oxygens (including phenoxy) is 1. The lowest BCUT2D eigenvalue weighted by Gasteiger charge is -2.10. The van der Waals surface area contributed by atoms with Gasteiger partial charge in [0, 0.05) is 24.0 Å². The molecule has 0 fully saturated rings. The quantitative estimate of drug-likeness (QED) is 0.242. The van der Waals surface area contributed by atoms with Crippen LogP contribution in [-0.2, 0) is 11.8 Å². The van der Waals surface area contributed by atoms with Crippen LogP contribution in [0, 0.1) is 3.57 Å². The van der Waals surface area contributed by atoms with Crippen molar-refractivity contribution in [2.45, 2.75) is 6.92 Å². The molecule has 2 aromatic carbocycles. The normalized spacial score (nSPS) is 11.2. The highest BCUT2D eigenvalue weighted by Gasteiger charge is 2.14. The van der Waals surface area contributed by atoms with E-state index < -0.39 is 5.91 Å². The molecule has 166 valence electrons. The van der Waals surface area contributed by atoms with Gasteiger partial charge in [0.15, 0.2) is 12.3 Å². The molecular weight excluding hydrogens is 568 g/mol. The Bertz CT molecular complexity index is 1200. The van der Waals surface area contributed by atoms with Gasteiger partial charge >= 0.3 is 0 Å². The van der Waals surface area contributed by atoms with Crippen LogP contribution in [0.5, 0.6) is 5.75 Å². The predicted molar refractivity (Wildman–Crippen MR) is 133 cm³/mol. The minimum atomic E-state index is -0.406. The van der Waals surface area contributed by atoms with Crippen molar-refractivity contribution < 1.29 is 14.3 Å². The summed E-state index contributed by atoms with van der Waals surface area (Å²) in [4.78, 5) is 24.5. The van der Waals surface area contributed by atoms with Gasteiger partial charge in [-0.15, -0.1) is 0 Å². The Labute approximate surface area is 208 Å². The van der Waals surface area contributed by atoms with Crippen LogP contribution >= 0.6 is 45.8 Å². The summed E-state index contributed by atoms with van der Waals surface area (Å²) in [6.45, 7) is 1.52. The maximum atomic E-state index is 12.3. The molecule has 11 heteroatoms. The van der Waals surface area contributed by atoms with Crippen LogP contribution in [0.1, 0.15) is 23.0 Å². The predicted octanol–water partition coefficient (Wildman–Crippen LogP) is 4.50. The molecule has 1 heterocycles. The van der Waals surface area contributed by atoms with Crippen LogP contribution in [0.15, 0.2) is 53.8 Å². The van der Waals surface area contributed by atoms with Crippen molar-refractivity contribution in [1.82, 2.24) is 15.2 Å². The molecule has 3 aromatic rings. The molecule has 1 aromatic heterocycles. The summed E-state index contributed by atoms with van der Waals surface area (Å²) in [5.74, 6) is -0.404. The van der Waals surface area contributed by atoms with Gasteiger partial charge in [-0.3, -0.25) is 14.3 Å². The first-order valence-corrected chi connectivity index (χ1v) is 11.1. The number of hydrogen-bond acceptors (Lipinski definition) is 5. The minimum Gasteiger partial charge on any atom is -0.482 e. The fourth-order valence-corrected chi connectivity index (χ4v) is 3.84. The monoisotopic (exact) mass is 585 g/mol. The molecule has 3 rings (SSSR count). The van der Waals surface area contributed by atoms with E-state index >= 15 is 0 Å². The number of amides is 2. The number of nitrogens with one attached hydrogen (secondary N) is 2. The van der Waals surface area contributed by atoms with Crippen LogP contribution in [0.25, 0.3) is 0 Å². The van der Waals surface area contributed by atoms with Crippen LogP contribution in [0.3, 0.4) is 0 Å². The average molecular weight is 586 g/mol. The molecule has 0 unspecified atom stereocenters. The zero-order valence-electron chi connectivity index (χ0n) is 17.0. The Morgan fingerprint density at radius 3 is 2.69 bits per heavy atom. The number of halogens is 3. The third-order valence-corrected chi connectivity index (χ3v) is 5.46. The van der Waals surface area contributed by atoms with Gasteiger partial charge in [-0.2, -0.15) is 10.2 Å². The van der Waals surface area contributed by atoms with Crippen molar-refractivity contribution >= 4 is 69.0 Å². The third-order valence-electron chi connectivity index (χ3n) is 4.14. The molecule has 0 saturated carbocycles. The van der Waals surface area contributed by atoms with Gasteiger partial charge in [-0.05, 0) is 65.4 Å². The first kappa shape index (κ1) is 24.0. The number of hydrazone groups is 1. The molecule has 0 atom stereocenters. The van der Waals surface area contributed by atoms with E-state index in [4.69, 9.17) is 27.9 Å². The van der Waals surface area contributed by atoms with Crippen LogP contribution in [0.2, 0.25) is 10.0 Å². The molecule has 8 nitrogen and oxygen atoms in total. The molecule has 2 amide bonds. The summed E-state index contributed by atoms with van der Waals surface area (Å²) < 4.78 is 7.72. The highest BCUT2D eigenvalue weighted by atomic mass is 127. The van der Waals surface area contributed by atoms with Gasteiger partial charge in [0.1, 0.15) is 5.75 Å². The number of nitrogens with zero attached hydrogens (tertiary/aromatic N) is 3. The highest BCUT2D eigenvalue weighted by molar-refractivity contribution is 14.1. The summed E-state index contributed by atoms with van der Waals surface area (Å²) in [7, 11) is 1.74. The molecule has 0 bridgehead atoms. The molecule has 0 radical (unpaired) electrons. The van der Waals surface area contributed by atoms with Crippen molar-refractivity contribution in [3.63, 3.8) is 0 Å². The first-order valence-electron chi connectivity index (χ1n) is 9.25. The van der Waals surface area contributed by atoms with Crippen molar-refractivity contribution in [3.05, 3.63) is 73.5 Å². The lowest BCUT2D eigenvalue weighted by atomic mass is 10.1. The topological polar surface area (TPSA) is 97.6 Å². The number of hydrogen-bond donors (Lipinski definition) is 2. The summed E-state index contributed by atoms with van der Waals surface area (Å²) in [5.41, 5.74) is 4.63. The fourth-order valence-electron chi connectivity index (χ4n) is 2.62. The van der Waals surface area contributed by atoms with Crippen LogP contribution in [-0.4, -0.2) is 33.9 Å². The number of benzene rings is 2. The van der Waals surface area contributed by atoms with E-state index in [1.54, 1.807) is 55.2 Å². The molecule has 0 saturated heterocycles. The summed E-state index contributed by atoms with van der Waals surface area (Å²) in [5, 5.41) is 11.8. The molecule has 0 aliphatic heterocycles. The number of aromatic nitrogens is 2. The highest BCUT2D eigenvalue weighted by Crippen LogP contribution is 2.27. The van der Waals surface area contributed by atoms with Crippen LogP contribution < -0.4 is 15.5 Å². The Kier molecular flexibility index (Phi) is 8.10. The molecule has 0 aliphatic carbocycles. The van der Waals surface area contributed by atoms with Crippen molar-refractivity contribution in [1.29, 1.82) is 0 Å². The van der Waals surface area contributed by atoms with E-state index in [1.165, 1.54) is 6.07 Å². The minimum absolute atomic E-state index is 0.225. The Balaban J connectivity index is 1.60. The number of carbonyl (C=O) groups excluding carboxylic acids is 2. The summed E-state index contributed by atoms with van der Waals surface area (Å²) in [6.07, 6.45) is 1.74. The second kappa shape index (κ2) is 10.8. The molecule has 32 heavy (non-hydrogen) atoms. The Morgan fingerprint density at radius 1 is 1.22 bits per heavy atom. The standard InChI is InChI=1S/C21H18Cl2IN5O3/c1-12(26-27-21(31)20-17(24)10-29(2)28-20)13-4-3-5-15(8-13)25-19(30)11-32-18-7-6-14(22)9-16(18)23/h3-10H,11H2,1-2H3,(H,25,30)(H,27,31)/b26-12-. The first-order chi connectivity index (χ1) is 15.2. The van der Waals surface area contributed by atoms with Crippen molar-refractivity contribution in [2.75, 3.05) is 11.9 Å². The Morgan fingerprint density at radius 2 is 2.00 bits per heavy atom. The van der Waals surface area contributed by atoms with E-state index in [0.29, 0.717) is 32.9 Å². The Hall–Kier alpha value is -2.63. The summed E-state index contributed by atoms with van der Waals surface area (Å²) >= 11 is 13.9. The maximum absolute atomic E-state index is 12.3. The second-order valence-corrected chi connectivity index (χ2v) is 8.64. The van der Waals surface area contributed by atoms with Crippen LogP contribution in [0.4, 0.5) is 5.69 Å². The third kappa shape index (κ3) is 6.44. The van der Waals surface area contributed by atoms with Gasteiger partial charge in [-0.1, -0.05) is 35.3 Å². The lowest BCUT2D eigenvalue weighted by molar-refractivity contribution is -0.118. The van der Waals surface area contributed by atoms with Gasteiger partial charge < -0.3 is 10.1 Å². The second-order valence-electron chi connectivity index (χ2n) is 6.63. The zero-order chi connectivity index (χ0) is 23.3. The van der Waals surface area contributed by atoms with E-state index in [-0.39, 0.29) is 12.5 Å². The maximum Gasteiger partial charge on any atom is 0.292 e. The van der Waals surface area contributed by atoms with E-state index in [1.807, 2.05) is 28.7 Å². The zero-order valence-corrected chi connectivity index (χ0v) is 20.7. The van der Waals surface area contributed by atoms with Gasteiger partial charge in [-0.25, -0.2) is 5.43 Å². The fraction of sp³-hybridized carbons (Fsp3) is 0.143. The SMILES string of the molecule is C/C(=N/NC(=O)c1nn(C)cc1I)c1cccc(NC(=O)COc2ccc(Cl)cc2Cl)c1. The van der Waals surface area contributed by atoms with E-state index in [0.717, 1.165) is 9.13 Å². The van der Waals surface area contributed by atoms with Gasteiger partial charge in [0.05, 0.1) is 14.3 Å². The van der Waals surface area contributed by atoms with Gasteiger partial charge in [0.25, 0.3) is 11.8 Å². The molecule has 0 aliphatic rings. The number of carbonyl (C=O) groups is 2. The van der Waals surface area contributed by atoms with E-state index in [2.05, 4.69) is 20.9 Å². The molecular formula is C21H18Cl2IN5O3. The van der Waals surface area contributed by atoms with E-state index in [9.17, 15) is 9.59 Å². The number of anilines is 1. The van der Waals surface area contributed by atoms with Crippen molar-refractivity contribution in [3.8, 4) is 5.75 Å². The van der Waals surface area contributed by atoms with Crippen molar-refractivity contribution in [2.24, 2.45) is 12.1 Å². The summed E-state index contributed by atoms with van der Waals surface area (Å²) in [6, 6.07) is 11.8. The largest absolute Gasteiger partial charge is 0.482 e. The smallest absolute Gasteiger partial charge is 0.292 e. The number of rotatable bonds is 7. The molecule has 2 N–H and O–H groups in total. The number of aryl methyl sites for hydroxylation is 1. The average Bonchev–Trinajstić information content (AvgIpc) is 3.09. The molecule has 0 spiro atoms. The van der Waals surface area contributed by atoms with Gasteiger partial charge in [0.2, 0.25) is 0 Å².